The van der Waals surface area contributed by atoms with E-state index in [2.05, 4.69) is 15.9 Å². The van der Waals surface area contributed by atoms with Gasteiger partial charge in [0.15, 0.2) is 0 Å². The van der Waals surface area contributed by atoms with Gasteiger partial charge in [-0.15, -0.1) is 0 Å². The number of benzene rings is 2. The maximum Gasteiger partial charge on any atom is 0.295 e. The van der Waals surface area contributed by atoms with Crippen molar-refractivity contribution in [1.29, 1.82) is 0 Å². The third-order valence-corrected chi connectivity index (χ3v) is 5.90. The second-order valence-electron chi connectivity index (χ2n) is 8.63. The molecule has 1 aliphatic rings. The van der Waals surface area contributed by atoms with Gasteiger partial charge >= 0.3 is 0 Å². The highest BCUT2D eigenvalue weighted by Crippen LogP contribution is 2.39. The van der Waals surface area contributed by atoms with Crippen molar-refractivity contribution < 1.29 is 24.3 Å². The van der Waals surface area contributed by atoms with Crippen LogP contribution in [0.4, 0.5) is 0 Å². The summed E-state index contributed by atoms with van der Waals surface area (Å²) in [6, 6.07) is 11.8. The summed E-state index contributed by atoms with van der Waals surface area (Å²) in [7, 11) is 3.96. The lowest BCUT2D eigenvalue weighted by atomic mass is 9.95. The first-order valence-corrected chi connectivity index (χ1v) is 11.5. The van der Waals surface area contributed by atoms with Crippen molar-refractivity contribution in [3.8, 4) is 5.75 Å². The van der Waals surface area contributed by atoms with Gasteiger partial charge in [-0.2, -0.15) is 0 Å². The second-order valence-corrected chi connectivity index (χ2v) is 9.54. The number of ether oxygens (including phenoxy) is 1. The topological polar surface area (TPSA) is 74.1 Å². The van der Waals surface area contributed by atoms with Gasteiger partial charge in [0.2, 0.25) is 5.78 Å². The van der Waals surface area contributed by atoms with Crippen molar-refractivity contribution in [3.63, 3.8) is 0 Å². The van der Waals surface area contributed by atoms with E-state index in [-0.39, 0.29) is 11.7 Å². The molecule has 1 amide bonds. The molecule has 0 radical (unpaired) electrons. The number of nitrogens with zero attached hydrogens (tertiary/aromatic N) is 1. The minimum atomic E-state index is -0.725. The van der Waals surface area contributed by atoms with E-state index < -0.39 is 23.5 Å². The zero-order valence-electron chi connectivity index (χ0n) is 19.1. The summed E-state index contributed by atoms with van der Waals surface area (Å²) in [6.07, 6.45) is 0.00725. The van der Waals surface area contributed by atoms with E-state index in [4.69, 9.17) is 4.74 Å². The molecule has 1 saturated heterocycles. The van der Waals surface area contributed by atoms with Crippen molar-refractivity contribution in [2.24, 2.45) is 0 Å². The van der Waals surface area contributed by atoms with Gasteiger partial charge in [0, 0.05) is 10.0 Å². The summed E-state index contributed by atoms with van der Waals surface area (Å²) in [4.78, 5) is 28.6. The largest absolute Gasteiger partial charge is 0.872 e. The highest BCUT2D eigenvalue weighted by molar-refractivity contribution is 9.10. The van der Waals surface area contributed by atoms with Gasteiger partial charge in [-0.1, -0.05) is 39.9 Å². The molecule has 7 heteroatoms. The van der Waals surface area contributed by atoms with E-state index in [1.165, 1.54) is 4.90 Å². The molecule has 0 aliphatic carbocycles. The van der Waals surface area contributed by atoms with Gasteiger partial charge in [-0.25, -0.2) is 0 Å². The van der Waals surface area contributed by atoms with Crippen LogP contribution in [0.5, 0.6) is 5.75 Å². The molecule has 1 heterocycles. The number of carbonyl (C=O) groups is 2. The number of rotatable bonds is 7. The van der Waals surface area contributed by atoms with Crippen LogP contribution in [-0.2, 0) is 9.59 Å². The monoisotopic (exact) mass is 500 g/mol. The minimum absolute atomic E-state index is 0.00278. The molecule has 1 N–H and O–H groups in total. The van der Waals surface area contributed by atoms with Crippen molar-refractivity contribution in [1.82, 2.24) is 4.90 Å². The van der Waals surface area contributed by atoms with Crippen LogP contribution in [0.15, 0.2) is 52.5 Å². The Hall–Kier alpha value is -2.64. The lowest BCUT2D eigenvalue weighted by molar-refractivity contribution is -0.857. The SMILES string of the molecule is Cc1cc(/C([O-])=C2\C(=O)C(=O)N(CC[NH+](C)C)C2c2ccc(Br)cc2)ccc1OC(C)C. The molecule has 0 saturated carbocycles. The number of ketones is 1. The van der Waals surface area contributed by atoms with Crippen LogP contribution in [0.2, 0.25) is 0 Å². The molecule has 0 spiro atoms. The summed E-state index contributed by atoms with van der Waals surface area (Å²) < 4.78 is 6.64. The minimum Gasteiger partial charge on any atom is -0.872 e. The molecule has 3 rings (SSSR count). The maximum absolute atomic E-state index is 13.5. The first-order chi connectivity index (χ1) is 15.1. The van der Waals surface area contributed by atoms with Crippen LogP contribution < -0.4 is 14.7 Å². The van der Waals surface area contributed by atoms with Gasteiger partial charge in [-0.05, 0) is 61.7 Å². The van der Waals surface area contributed by atoms with Gasteiger partial charge in [0.05, 0.1) is 39.3 Å². The lowest BCUT2D eigenvalue weighted by Crippen LogP contribution is -3.06. The Labute approximate surface area is 197 Å². The van der Waals surface area contributed by atoms with Crippen LogP contribution in [0.3, 0.4) is 0 Å². The highest BCUT2D eigenvalue weighted by atomic mass is 79.9. The Morgan fingerprint density at radius 1 is 1.16 bits per heavy atom. The molecule has 0 aromatic heterocycles. The van der Waals surface area contributed by atoms with Crippen molar-refractivity contribution in [2.45, 2.75) is 32.9 Å². The van der Waals surface area contributed by atoms with Crippen LogP contribution in [0.25, 0.3) is 5.76 Å². The van der Waals surface area contributed by atoms with Crippen molar-refractivity contribution in [3.05, 3.63) is 69.2 Å². The lowest BCUT2D eigenvalue weighted by Gasteiger charge is -2.28. The van der Waals surface area contributed by atoms with Gasteiger partial charge < -0.3 is 19.6 Å². The van der Waals surface area contributed by atoms with Crippen LogP contribution in [0, 0.1) is 6.92 Å². The molecule has 0 bridgehead atoms. The molecule has 6 nitrogen and oxygen atoms in total. The number of likely N-dealkylation sites (tertiary alicyclic amines) is 1. The quantitative estimate of drug-likeness (QED) is 0.358. The second kappa shape index (κ2) is 9.88. The number of Topliss-reactive ketones (excluding diaryl/α,β-unsaturated/α-hetero) is 1. The zero-order valence-corrected chi connectivity index (χ0v) is 20.7. The Morgan fingerprint density at radius 2 is 1.81 bits per heavy atom. The third kappa shape index (κ3) is 5.05. The molecule has 1 fully saturated rings. The summed E-state index contributed by atoms with van der Waals surface area (Å²) in [5.41, 5.74) is 1.91. The number of amides is 1. The number of hydrogen-bond acceptors (Lipinski definition) is 4. The van der Waals surface area contributed by atoms with E-state index >= 15 is 0 Å². The fraction of sp³-hybridized carbons (Fsp3) is 0.360. The van der Waals surface area contributed by atoms with E-state index in [1.807, 2.05) is 59.1 Å². The highest BCUT2D eigenvalue weighted by Gasteiger charge is 2.44. The Balaban J connectivity index is 2.11. The summed E-state index contributed by atoms with van der Waals surface area (Å²) in [6.45, 7) is 6.77. The van der Waals surface area contributed by atoms with Gasteiger partial charge in [0.25, 0.3) is 5.91 Å². The zero-order chi connectivity index (χ0) is 23.6. The number of hydrogen-bond donors (Lipinski definition) is 1. The summed E-state index contributed by atoms with van der Waals surface area (Å²) >= 11 is 3.42. The van der Waals surface area contributed by atoms with E-state index in [0.29, 0.717) is 24.4 Å². The van der Waals surface area contributed by atoms with Crippen molar-refractivity contribution >= 4 is 33.4 Å². The van der Waals surface area contributed by atoms with E-state index in [1.54, 1.807) is 18.2 Å². The van der Waals surface area contributed by atoms with E-state index in [9.17, 15) is 14.7 Å². The Bertz CT molecular complexity index is 1040. The Kier molecular flexibility index (Phi) is 7.41. The fourth-order valence-electron chi connectivity index (χ4n) is 3.77. The molecule has 1 atom stereocenters. The molecular weight excluding hydrogens is 472 g/mol. The van der Waals surface area contributed by atoms with Crippen LogP contribution in [-0.4, -0.2) is 49.9 Å². The van der Waals surface area contributed by atoms with Crippen LogP contribution >= 0.6 is 15.9 Å². The third-order valence-electron chi connectivity index (χ3n) is 5.37. The van der Waals surface area contributed by atoms with Gasteiger partial charge in [0.1, 0.15) is 5.75 Å². The molecule has 1 unspecified atom stereocenters. The molecule has 170 valence electrons. The molecular formula is C25H29BrN2O4. The molecule has 1 aliphatic heterocycles. The summed E-state index contributed by atoms with van der Waals surface area (Å²) in [5, 5.41) is 13.5. The number of quaternary nitrogens is 1. The number of halogens is 1. The number of aryl methyl sites for hydroxylation is 1. The average Bonchev–Trinajstić information content (AvgIpc) is 2.98. The Morgan fingerprint density at radius 3 is 2.38 bits per heavy atom. The predicted molar refractivity (Wildman–Crippen MR) is 125 cm³/mol. The van der Waals surface area contributed by atoms with Crippen LogP contribution in [0.1, 0.15) is 36.6 Å². The fourth-order valence-corrected chi connectivity index (χ4v) is 4.03. The molecule has 2 aromatic rings. The first-order valence-electron chi connectivity index (χ1n) is 10.7. The van der Waals surface area contributed by atoms with E-state index in [0.717, 1.165) is 20.5 Å². The maximum atomic E-state index is 13.5. The van der Waals surface area contributed by atoms with Crippen molar-refractivity contribution in [2.75, 3.05) is 27.2 Å². The summed E-state index contributed by atoms with van der Waals surface area (Å²) in [5.74, 6) is -1.08. The predicted octanol–water partition coefficient (Wildman–Crippen LogP) is 1.91. The van der Waals surface area contributed by atoms with Gasteiger partial charge in [-0.3, -0.25) is 9.59 Å². The number of likely N-dealkylation sites (N-methyl/N-ethyl adjacent to an activating group) is 1. The average molecular weight is 501 g/mol. The number of nitrogens with one attached hydrogen (secondary N) is 1. The number of carbonyl (C=O) groups excluding carboxylic acids is 2. The standard InChI is InChI=1S/C25H29BrN2O4/c1-15(2)32-20-11-8-18(14-16(20)3)23(29)21-22(17-6-9-19(26)10-7-17)28(13-12-27(4)5)25(31)24(21)30/h6-11,14-15,22,29H,12-13H2,1-5H3/b23-21+. The normalized spacial score (nSPS) is 18.1. The smallest absolute Gasteiger partial charge is 0.295 e. The molecule has 32 heavy (non-hydrogen) atoms. The molecule has 2 aromatic carbocycles. The first kappa shape index (κ1) is 24.0.